The van der Waals surface area contributed by atoms with Gasteiger partial charge >= 0.3 is 0 Å². The minimum absolute atomic E-state index is 0.198. The van der Waals surface area contributed by atoms with Crippen LogP contribution >= 0.6 is 7.37 Å². The summed E-state index contributed by atoms with van der Waals surface area (Å²) >= 11 is 0. The van der Waals surface area contributed by atoms with E-state index in [-0.39, 0.29) is 24.0 Å². The van der Waals surface area contributed by atoms with Crippen LogP contribution in [0.2, 0.25) is 0 Å². The second kappa shape index (κ2) is 4.76. The van der Waals surface area contributed by atoms with Crippen LogP contribution in [-0.4, -0.2) is 54.9 Å². The third-order valence-electron chi connectivity index (χ3n) is 4.43. The van der Waals surface area contributed by atoms with Gasteiger partial charge in [-0.05, 0) is 27.7 Å². The smallest absolute Gasteiger partial charge is 0.206 e. The van der Waals surface area contributed by atoms with Crippen LogP contribution in [0, 0.1) is 0 Å². The molecule has 122 valence electrons. The van der Waals surface area contributed by atoms with Gasteiger partial charge in [0.15, 0.2) is 11.6 Å². The highest BCUT2D eigenvalue weighted by molar-refractivity contribution is 7.59. The number of ether oxygens (including phenoxy) is 4. The molecule has 6 unspecified atom stereocenters. The van der Waals surface area contributed by atoms with Crippen LogP contribution in [0.1, 0.15) is 34.6 Å². The lowest BCUT2D eigenvalue weighted by atomic mass is 10.0. The van der Waals surface area contributed by atoms with Gasteiger partial charge in [-0.15, -0.1) is 0 Å². The van der Waals surface area contributed by atoms with E-state index in [1.807, 2.05) is 34.6 Å². The Morgan fingerprint density at radius 2 is 1.57 bits per heavy atom. The standard InChI is InChI=1S/C14H25O6P/c1-8-10-12(19-14(4,5)18-10)11(20-21(8,6)15)9-7-16-13(2,3)17-9/h8-12H,7H2,1-6H3. The Morgan fingerprint density at radius 1 is 0.952 bits per heavy atom. The Morgan fingerprint density at radius 3 is 2.14 bits per heavy atom. The first-order valence-corrected chi connectivity index (χ1v) is 9.58. The summed E-state index contributed by atoms with van der Waals surface area (Å²) in [6.07, 6.45) is -1.28. The Hall–Kier alpha value is 0.0300. The van der Waals surface area contributed by atoms with E-state index in [9.17, 15) is 4.57 Å². The van der Waals surface area contributed by atoms with Crippen molar-refractivity contribution in [2.75, 3.05) is 13.3 Å². The molecule has 0 aromatic heterocycles. The lowest BCUT2D eigenvalue weighted by molar-refractivity contribution is -0.174. The van der Waals surface area contributed by atoms with Gasteiger partial charge in [-0.3, -0.25) is 4.57 Å². The molecular weight excluding hydrogens is 295 g/mol. The lowest BCUT2D eigenvalue weighted by Crippen LogP contribution is -2.53. The van der Waals surface area contributed by atoms with Crippen molar-refractivity contribution in [3.8, 4) is 0 Å². The van der Waals surface area contributed by atoms with E-state index in [1.54, 1.807) is 6.66 Å². The van der Waals surface area contributed by atoms with E-state index in [0.29, 0.717) is 6.61 Å². The topological polar surface area (TPSA) is 63.2 Å². The van der Waals surface area contributed by atoms with Gasteiger partial charge in [-0.2, -0.15) is 0 Å². The average molecular weight is 320 g/mol. The molecule has 0 amide bonds. The van der Waals surface area contributed by atoms with Gasteiger partial charge in [-0.1, -0.05) is 6.92 Å². The molecular formula is C14H25O6P. The average Bonchev–Trinajstić information content (AvgIpc) is 2.84. The number of rotatable bonds is 1. The molecule has 3 rings (SSSR count). The summed E-state index contributed by atoms with van der Waals surface area (Å²) in [5.74, 6) is -1.36. The zero-order valence-corrected chi connectivity index (χ0v) is 14.4. The van der Waals surface area contributed by atoms with Crippen molar-refractivity contribution < 1.29 is 28.0 Å². The van der Waals surface area contributed by atoms with Crippen molar-refractivity contribution in [3.05, 3.63) is 0 Å². The van der Waals surface area contributed by atoms with Crippen molar-refractivity contribution in [1.29, 1.82) is 0 Å². The highest BCUT2D eigenvalue weighted by Crippen LogP contribution is 2.59. The van der Waals surface area contributed by atoms with E-state index in [4.69, 9.17) is 23.5 Å². The Labute approximate surface area is 125 Å². The maximum atomic E-state index is 12.8. The van der Waals surface area contributed by atoms with Gasteiger partial charge in [0, 0.05) is 6.66 Å². The minimum Gasteiger partial charge on any atom is -0.348 e. The molecule has 0 spiro atoms. The van der Waals surface area contributed by atoms with Gasteiger partial charge in [0.25, 0.3) is 0 Å². The summed E-state index contributed by atoms with van der Waals surface area (Å²) in [4.78, 5) is 0. The highest BCUT2D eigenvalue weighted by atomic mass is 31.2. The molecule has 21 heavy (non-hydrogen) atoms. The molecule has 3 aliphatic heterocycles. The van der Waals surface area contributed by atoms with Gasteiger partial charge in [0.1, 0.15) is 24.4 Å². The predicted molar refractivity (Wildman–Crippen MR) is 76.6 cm³/mol. The summed E-state index contributed by atoms with van der Waals surface area (Å²) in [7, 11) is -2.80. The molecule has 0 aliphatic carbocycles. The maximum Gasteiger partial charge on any atom is 0.206 e. The summed E-state index contributed by atoms with van der Waals surface area (Å²) in [6.45, 7) is 11.4. The van der Waals surface area contributed by atoms with E-state index in [1.165, 1.54) is 0 Å². The van der Waals surface area contributed by atoms with Crippen LogP contribution in [0.25, 0.3) is 0 Å². The van der Waals surface area contributed by atoms with Crippen molar-refractivity contribution >= 4 is 7.37 Å². The predicted octanol–water partition coefficient (Wildman–Crippen LogP) is 2.35. The number of fused-ring (bicyclic) bond motifs is 1. The van der Waals surface area contributed by atoms with Crippen LogP contribution < -0.4 is 0 Å². The van der Waals surface area contributed by atoms with Gasteiger partial charge in [0.05, 0.1) is 12.3 Å². The van der Waals surface area contributed by atoms with Crippen LogP contribution in [0.5, 0.6) is 0 Å². The first kappa shape index (κ1) is 15.9. The maximum absolute atomic E-state index is 12.8. The molecule has 6 nitrogen and oxygen atoms in total. The van der Waals surface area contributed by atoms with Crippen molar-refractivity contribution in [2.45, 2.75) is 76.3 Å². The first-order valence-electron chi connectivity index (χ1n) is 7.44. The highest BCUT2D eigenvalue weighted by Gasteiger charge is 2.59. The molecule has 0 radical (unpaired) electrons. The molecule has 0 bridgehead atoms. The second-order valence-electron chi connectivity index (χ2n) is 7.15. The Bertz CT molecular complexity index is 476. The monoisotopic (exact) mass is 320 g/mol. The molecule has 3 saturated heterocycles. The molecule has 6 atom stereocenters. The summed E-state index contributed by atoms with van der Waals surface area (Å²) < 4.78 is 42.2. The van der Waals surface area contributed by atoms with Crippen LogP contribution in [-0.2, 0) is 28.0 Å². The van der Waals surface area contributed by atoms with Gasteiger partial charge < -0.3 is 23.5 Å². The SMILES string of the molecule is CC1C2OC(C)(C)OC2C(C2COC(C)(C)O2)OP1(C)=O. The van der Waals surface area contributed by atoms with Crippen LogP contribution in [0.4, 0.5) is 0 Å². The summed E-state index contributed by atoms with van der Waals surface area (Å²) in [6, 6.07) is 0. The molecule has 0 aromatic carbocycles. The van der Waals surface area contributed by atoms with Crippen LogP contribution in [0.3, 0.4) is 0 Å². The number of hydrogen-bond donors (Lipinski definition) is 0. The third-order valence-corrected chi connectivity index (χ3v) is 6.87. The quantitative estimate of drug-likeness (QED) is 0.691. The van der Waals surface area contributed by atoms with Gasteiger partial charge in [0.2, 0.25) is 7.37 Å². The minimum atomic E-state index is -2.80. The van der Waals surface area contributed by atoms with Gasteiger partial charge in [-0.25, -0.2) is 0 Å². The Balaban J connectivity index is 1.88. The van der Waals surface area contributed by atoms with E-state index < -0.39 is 25.0 Å². The zero-order valence-electron chi connectivity index (χ0n) is 13.5. The molecule has 3 heterocycles. The molecule has 3 aliphatic rings. The second-order valence-corrected chi connectivity index (χ2v) is 9.99. The van der Waals surface area contributed by atoms with Crippen molar-refractivity contribution in [3.63, 3.8) is 0 Å². The summed E-state index contributed by atoms with van der Waals surface area (Å²) in [5, 5.41) is 0. The molecule has 3 fully saturated rings. The largest absolute Gasteiger partial charge is 0.348 e. The molecule has 7 heteroatoms. The fourth-order valence-corrected chi connectivity index (χ4v) is 4.96. The molecule has 0 saturated carbocycles. The van der Waals surface area contributed by atoms with E-state index in [0.717, 1.165) is 0 Å². The van der Waals surface area contributed by atoms with Crippen LogP contribution in [0.15, 0.2) is 0 Å². The first-order chi connectivity index (χ1) is 9.51. The Kier molecular flexibility index (Phi) is 3.61. The normalized spacial score (nSPS) is 51.8. The fraction of sp³-hybridized carbons (Fsp3) is 1.00. The fourth-order valence-electron chi connectivity index (χ4n) is 3.27. The van der Waals surface area contributed by atoms with Crippen molar-refractivity contribution in [2.24, 2.45) is 0 Å². The van der Waals surface area contributed by atoms with Crippen molar-refractivity contribution in [1.82, 2.24) is 0 Å². The lowest BCUT2D eigenvalue weighted by Gasteiger charge is -2.41. The molecule has 0 N–H and O–H groups in total. The van der Waals surface area contributed by atoms with E-state index in [2.05, 4.69) is 0 Å². The molecule has 0 aromatic rings. The zero-order chi connectivity index (χ0) is 15.6. The van der Waals surface area contributed by atoms with E-state index >= 15 is 0 Å². The number of hydrogen-bond acceptors (Lipinski definition) is 6. The summed E-state index contributed by atoms with van der Waals surface area (Å²) in [5.41, 5.74) is -0.198. The third kappa shape index (κ3) is 2.82.